The van der Waals surface area contributed by atoms with Crippen molar-refractivity contribution in [2.24, 2.45) is 0 Å². The summed E-state index contributed by atoms with van der Waals surface area (Å²) in [7, 11) is 0. The van der Waals surface area contributed by atoms with Gasteiger partial charge >= 0.3 is 5.97 Å². The lowest BCUT2D eigenvalue weighted by molar-refractivity contribution is -0.148. The molecule has 4 nitrogen and oxygen atoms in total. The van der Waals surface area contributed by atoms with Gasteiger partial charge in [0.25, 0.3) is 0 Å². The fraction of sp³-hybridized carbons (Fsp3) is 0.429. The number of nitrogens with zero attached hydrogens (tertiary/aromatic N) is 1. The van der Waals surface area contributed by atoms with Gasteiger partial charge in [0.05, 0.1) is 6.61 Å². The largest absolute Gasteiger partial charge is 0.465 e. The van der Waals surface area contributed by atoms with Gasteiger partial charge in [-0.05, 0) is 24.8 Å². The van der Waals surface area contributed by atoms with Crippen molar-refractivity contribution >= 4 is 23.2 Å². The number of hydrogen-bond acceptors (Lipinski definition) is 4. The molecule has 1 aromatic rings. The highest BCUT2D eigenvalue weighted by Gasteiger charge is 2.16. The van der Waals surface area contributed by atoms with Crippen LogP contribution in [0.3, 0.4) is 0 Å². The van der Waals surface area contributed by atoms with Gasteiger partial charge in [-0.15, -0.1) is 17.9 Å². The van der Waals surface area contributed by atoms with Gasteiger partial charge in [-0.1, -0.05) is 12.1 Å². The molecule has 19 heavy (non-hydrogen) atoms. The van der Waals surface area contributed by atoms with Gasteiger partial charge in [0.2, 0.25) is 5.91 Å². The molecule has 104 valence electrons. The molecule has 0 saturated heterocycles. The zero-order chi connectivity index (χ0) is 14.1. The van der Waals surface area contributed by atoms with Crippen LogP contribution in [0.15, 0.2) is 30.2 Å². The molecule has 0 atom stereocenters. The molecule has 1 amide bonds. The second kappa shape index (κ2) is 8.48. The van der Waals surface area contributed by atoms with Crippen LogP contribution >= 0.6 is 11.3 Å². The highest BCUT2D eigenvalue weighted by molar-refractivity contribution is 7.09. The van der Waals surface area contributed by atoms with Gasteiger partial charge in [0.1, 0.15) is 6.54 Å². The number of carbonyl (C=O) groups excluding carboxylic acids is 2. The van der Waals surface area contributed by atoms with Gasteiger partial charge in [-0.25, -0.2) is 0 Å². The quantitative estimate of drug-likeness (QED) is 0.542. The lowest BCUT2D eigenvalue weighted by Crippen LogP contribution is -2.36. The third-order valence-corrected chi connectivity index (χ3v) is 3.43. The summed E-state index contributed by atoms with van der Waals surface area (Å²) in [5.41, 5.74) is 0. The maximum atomic E-state index is 12.0. The van der Waals surface area contributed by atoms with Crippen molar-refractivity contribution in [2.75, 3.05) is 19.7 Å². The van der Waals surface area contributed by atoms with E-state index in [0.717, 1.165) is 0 Å². The van der Waals surface area contributed by atoms with Crippen LogP contribution in [-0.4, -0.2) is 36.5 Å². The molecule has 0 radical (unpaired) electrons. The minimum Gasteiger partial charge on any atom is -0.465 e. The first kappa shape index (κ1) is 15.4. The molecular formula is C14H19NO3S. The molecule has 0 fully saturated rings. The summed E-state index contributed by atoms with van der Waals surface area (Å²) in [6.45, 7) is 6.02. The van der Waals surface area contributed by atoms with Crippen molar-refractivity contribution in [3.05, 3.63) is 35.0 Å². The van der Waals surface area contributed by atoms with E-state index in [4.69, 9.17) is 4.74 Å². The average molecular weight is 281 g/mol. The fourth-order valence-corrected chi connectivity index (χ4v) is 2.32. The van der Waals surface area contributed by atoms with Crippen LogP contribution < -0.4 is 0 Å². The Morgan fingerprint density at radius 3 is 2.89 bits per heavy atom. The lowest BCUT2D eigenvalue weighted by atomic mass is 10.2. The van der Waals surface area contributed by atoms with Crippen LogP contribution in [-0.2, 0) is 20.7 Å². The molecule has 0 bridgehead atoms. The first-order valence-electron chi connectivity index (χ1n) is 6.24. The molecule has 0 aliphatic rings. The molecule has 0 aliphatic heterocycles. The molecule has 5 heteroatoms. The summed E-state index contributed by atoms with van der Waals surface area (Å²) in [5.74, 6) is -0.435. The number of aryl methyl sites for hydroxylation is 1. The molecule has 0 aromatic carbocycles. The van der Waals surface area contributed by atoms with Crippen molar-refractivity contribution in [1.82, 2.24) is 4.90 Å². The van der Waals surface area contributed by atoms with Gasteiger partial charge in [0, 0.05) is 17.8 Å². The second-order valence-corrected chi connectivity index (χ2v) is 4.98. The van der Waals surface area contributed by atoms with E-state index in [9.17, 15) is 9.59 Å². The van der Waals surface area contributed by atoms with E-state index in [2.05, 4.69) is 6.58 Å². The predicted octanol–water partition coefficient (Wildman–Crippen LogP) is 2.26. The molecule has 1 heterocycles. The van der Waals surface area contributed by atoms with Crippen molar-refractivity contribution in [3.8, 4) is 0 Å². The minimum atomic E-state index is -0.381. The van der Waals surface area contributed by atoms with E-state index in [1.54, 1.807) is 24.3 Å². The summed E-state index contributed by atoms with van der Waals surface area (Å²) in [6, 6.07) is 3.96. The average Bonchev–Trinajstić information content (AvgIpc) is 2.89. The molecule has 1 rings (SSSR count). The van der Waals surface area contributed by atoms with Crippen molar-refractivity contribution < 1.29 is 14.3 Å². The van der Waals surface area contributed by atoms with Gasteiger partial charge in [0.15, 0.2) is 0 Å². The zero-order valence-corrected chi connectivity index (χ0v) is 11.9. The Balaban J connectivity index is 2.47. The summed E-state index contributed by atoms with van der Waals surface area (Å²) in [6.07, 6.45) is 2.71. The summed E-state index contributed by atoms with van der Waals surface area (Å²) in [5, 5.41) is 1.99. The molecule has 0 N–H and O–H groups in total. The molecular weight excluding hydrogens is 262 g/mol. The number of carbonyl (C=O) groups is 2. The number of hydrogen-bond donors (Lipinski definition) is 0. The Bertz CT molecular complexity index is 414. The maximum absolute atomic E-state index is 12.0. The van der Waals surface area contributed by atoms with Crippen molar-refractivity contribution in [1.29, 1.82) is 0 Å². The highest BCUT2D eigenvalue weighted by atomic mass is 32.1. The SMILES string of the molecule is C=CCN(CC(=O)OCC)C(=O)CCc1cccs1. The first-order chi connectivity index (χ1) is 9.17. The van der Waals surface area contributed by atoms with E-state index in [0.29, 0.717) is 26.0 Å². The second-order valence-electron chi connectivity index (χ2n) is 3.95. The number of amides is 1. The van der Waals surface area contributed by atoms with Crippen LogP contribution in [0.4, 0.5) is 0 Å². The van der Waals surface area contributed by atoms with Crippen LogP contribution in [0, 0.1) is 0 Å². The van der Waals surface area contributed by atoms with Gasteiger partial charge in [-0.3, -0.25) is 9.59 Å². The van der Waals surface area contributed by atoms with Crippen LogP contribution in [0.5, 0.6) is 0 Å². The zero-order valence-electron chi connectivity index (χ0n) is 11.1. The topological polar surface area (TPSA) is 46.6 Å². The Morgan fingerprint density at radius 1 is 1.53 bits per heavy atom. The van der Waals surface area contributed by atoms with E-state index in [1.165, 1.54) is 9.78 Å². The standard InChI is InChI=1S/C14H19NO3S/c1-3-9-15(11-14(17)18-4-2)13(16)8-7-12-6-5-10-19-12/h3,5-6,10H,1,4,7-9,11H2,2H3. The highest BCUT2D eigenvalue weighted by Crippen LogP contribution is 2.11. The monoisotopic (exact) mass is 281 g/mol. The van der Waals surface area contributed by atoms with E-state index >= 15 is 0 Å². The van der Waals surface area contributed by atoms with Gasteiger partial charge < -0.3 is 9.64 Å². The third kappa shape index (κ3) is 5.70. The summed E-state index contributed by atoms with van der Waals surface area (Å²) < 4.78 is 4.85. The number of esters is 1. The molecule has 1 aromatic heterocycles. The minimum absolute atomic E-state index is 0.0108. The Labute approximate surface area is 117 Å². The van der Waals surface area contributed by atoms with Crippen molar-refractivity contribution in [2.45, 2.75) is 19.8 Å². The Morgan fingerprint density at radius 2 is 2.32 bits per heavy atom. The van der Waals surface area contributed by atoms with Gasteiger partial charge in [-0.2, -0.15) is 0 Å². The molecule has 0 unspecified atom stereocenters. The number of rotatable bonds is 8. The summed E-state index contributed by atoms with van der Waals surface area (Å²) in [4.78, 5) is 26.1. The predicted molar refractivity (Wildman–Crippen MR) is 76.1 cm³/mol. The van der Waals surface area contributed by atoms with Crippen LogP contribution in [0.2, 0.25) is 0 Å². The Kier molecular flexibility index (Phi) is 6.89. The van der Waals surface area contributed by atoms with E-state index in [1.807, 2.05) is 17.5 Å². The fourth-order valence-electron chi connectivity index (χ4n) is 1.62. The smallest absolute Gasteiger partial charge is 0.325 e. The van der Waals surface area contributed by atoms with Crippen LogP contribution in [0.25, 0.3) is 0 Å². The van der Waals surface area contributed by atoms with Crippen molar-refractivity contribution in [3.63, 3.8) is 0 Å². The van der Waals surface area contributed by atoms with E-state index in [-0.39, 0.29) is 18.4 Å². The Hall–Kier alpha value is -1.62. The maximum Gasteiger partial charge on any atom is 0.325 e. The normalized spacial score (nSPS) is 9.95. The lowest BCUT2D eigenvalue weighted by Gasteiger charge is -2.19. The first-order valence-corrected chi connectivity index (χ1v) is 7.12. The molecule has 0 aliphatic carbocycles. The summed E-state index contributed by atoms with van der Waals surface area (Å²) >= 11 is 1.63. The van der Waals surface area contributed by atoms with Crippen LogP contribution in [0.1, 0.15) is 18.2 Å². The van der Waals surface area contributed by atoms with E-state index < -0.39 is 0 Å². The molecule has 0 saturated carbocycles. The number of thiophene rings is 1. The molecule has 0 spiro atoms. The third-order valence-electron chi connectivity index (χ3n) is 2.49. The number of ether oxygens (including phenoxy) is 1.